The number of nitrogens with zero attached hydrogens (tertiary/aromatic N) is 3. The van der Waals surface area contributed by atoms with E-state index in [0.717, 1.165) is 35.4 Å². The molecular weight excluding hydrogens is 613 g/mol. The smallest absolute Gasteiger partial charge is 0.416 e. The highest BCUT2D eigenvalue weighted by atomic mass is 19.4. The molecule has 12 heteroatoms. The van der Waals surface area contributed by atoms with Crippen LogP contribution in [0.25, 0.3) is 0 Å². The summed E-state index contributed by atoms with van der Waals surface area (Å²) < 4.78 is 45.7. The van der Waals surface area contributed by atoms with Crippen LogP contribution in [0.5, 0.6) is 11.5 Å². The molecule has 1 unspecified atom stereocenters. The molecule has 4 aromatic rings. The van der Waals surface area contributed by atoms with E-state index in [1.165, 1.54) is 24.3 Å². The van der Waals surface area contributed by atoms with E-state index in [4.69, 9.17) is 4.74 Å². The number of anilines is 2. The molecule has 0 radical (unpaired) electrons. The molecule has 6 rings (SSSR count). The average Bonchev–Trinajstić information content (AvgIpc) is 3.33. The number of amides is 3. The molecule has 4 aromatic carbocycles. The number of imide groups is 1. The third-order valence-corrected chi connectivity index (χ3v) is 8.10. The molecular formula is C35H31F3N4O5. The fraction of sp³-hybridized carbons (Fsp3) is 0.229. The predicted molar refractivity (Wildman–Crippen MR) is 169 cm³/mol. The van der Waals surface area contributed by atoms with Crippen LogP contribution in [0.15, 0.2) is 97.1 Å². The second-order valence-corrected chi connectivity index (χ2v) is 11.3. The monoisotopic (exact) mass is 644 g/mol. The predicted octanol–water partition coefficient (Wildman–Crippen LogP) is 5.21. The van der Waals surface area contributed by atoms with Gasteiger partial charge < -0.3 is 20.1 Å². The van der Waals surface area contributed by atoms with Gasteiger partial charge in [-0.2, -0.15) is 13.2 Å². The van der Waals surface area contributed by atoms with Crippen LogP contribution in [-0.4, -0.2) is 73.1 Å². The first-order chi connectivity index (χ1) is 22.6. The van der Waals surface area contributed by atoms with E-state index >= 15 is 0 Å². The fourth-order valence-electron chi connectivity index (χ4n) is 5.70. The molecule has 2 N–H and O–H groups in total. The number of piperazine rings is 1. The number of rotatable bonds is 9. The van der Waals surface area contributed by atoms with Gasteiger partial charge in [0.25, 0.3) is 17.7 Å². The molecule has 3 amide bonds. The Kier molecular flexibility index (Phi) is 8.97. The summed E-state index contributed by atoms with van der Waals surface area (Å²) >= 11 is 0. The maximum atomic E-state index is 13.2. The highest BCUT2D eigenvalue weighted by molar-refractivity contribution is 6.34. The Morgan fingerprint density at radius 1 is 0.830 bits per heavy atom. The maximum Gasteiger partial charge on any atom is 0.416 e. The van der Waals surface area contributed by atoms with Gasteiger partial charge in [-0.05, 0) is 60.7 Å². The van der Waals surface area contributed by atoms with Crippen LogP contribution in [0.3, 0.4) is 0 Å². The van der Waals surface area contributed by atoms with Gasteiger partial charge in [0.05, 0.1) is 34.2 Å². The Morgan fingerprint density at radius 2 is 1.53 bits per heavy atom. The van der Waals surface area contributed by atoms with Crippen molar-refractivity contribution in [3.8, 4) is 11.5 Å². The number of aliphatic hydroxyl groups is 1. The second kappa shape index (κ2) is 13.3. The van der Waals surface area contributed by atoms with Crippen molar-refractivity contribution < 1.29 is 37.4 Å². The van der Waals surface area contributed by atoms with E-state index < -0.39 is 35.6 Å². The second-order valence-electron chi connectivity index (χ2n) is 11.3. The number of ether oxygens (including phenoxy) is 1. The topological polar surface area (TPSA) is 102 Å². The summed E-state index contributed by atoms with van der Waals surface area (Å²) in [6.07, 6.45) is -5.52. The summed E-state index contributed by atoms with van der Waals surface area (Å²) in [5.41, 5.74) is -0.257. The average molecular weight is 645 g/mol. The molecule has 242 valence electrons. The lowest BCUT2D eigenvalue weighted by Gasteiger charge is -2.37. The Balaban J connectivity index is 1.02. The zero-order valence-electron chi connectivity index (χ0n) is 25.1. The van der Waals surface area contributed by atoms with Crippen molar-refractivity contribution in [2.45, 2.75) is 12.3 Å². The van der Waals surface area contributed by atoms with Crippen LogP contribution >= 0.6 is 0 Å². The zero-order chi connectivity index (χ0) is 33.1. The summed E-state index contributed by atoms with van der Waals surface area (Å²) in [7, 11) is 0. The van der Waals surface area contributed by atoms with Gasteiger partial charge in [0.15, 0.2) is 5.75 Å². The van der Waals surface area contributed by atoms with Gasteiger partial charge >= 0.3 is 6.18 Å². The highest BCUT2D eigenvalue weighted by Gasteiger charge is 2.39. The number of benzene rings is 4. The van der Waals surface area contributed by atoms with Crippen molar-refractivity contribution >= 4 is 29.1 Å². The van der Waals surface area contributed by atoms with Crippen LogP contribution in [0.4, 0.5) is 24.5 Å². The van der Waals surface area contributed by atoms with E-state index in [1.807, 2.05) is 54.6 Å². The number of nitrogens with one attached hydrogen (secondary N) is 1. The van der Waals surface area contributed by atoms with Crippen molar-refractivity contribution in [2.24, 2.45) is 0 Å². The lowest BCUT2D eigenvalue weighted by Crippen LogP contribution is -2.50. The molecule has 1 saturated heterocycles. The molecule has 2 heterocycles. The number of β-amino-alcohol motifs (C(OH)–C–C–N with tert-alkyl or cyclic N) is 1. The maximum absolute atomic E-state index is 13.2. The van der Waals surface area contributed by atoms with Crippen molar-refractivity contribution in [1.82, 2.24) is 10.2 Å². The van der Waals surface area contributed by atoms with Crippen LogP contribution in [0.2, 0.25) is 0 Å². The first kappa shape index (κ1) is 31.8. The normalized spacial score (nSPS) is 15.8. The quantitative estimate of drug-likeness (QED) is 0.241. The van der Waals surface area contributed by atoms with Gasteiger partial charge in [-0.15, -0.1) is 0 Å². The molecule has 47 heavy (non-hydrogen) atoms. The number of alkyl halides is 3. The Bertz CT molecular complexity index is 1790. The minimum absolute atomic E-state index is 0.0163. The summed E-state index contributed by atoms with van der Waals surface area (Å²) in [6, 6.07) is 25.3. The number of hydrogen-bond donors (Lipinski definition) is 2. The molecule has 1 fully saturated rings. The SMILES string of the molecule is O=C(NCC(O)CN1CCN(c2ccccc2Oc2ccccc2)CC1)c1ccc2c(c1)C(=O)N(c1cccc(C(F)(F)F)c1)C2=O. The summed E-state index contributed by atoms with van der Waals surface area (Å²) in [4.78, 5) is 43.9. The van der Waals surface area contributed by atoms with Gasteiger partial charge in [0.1, 0.15) is 5.75 Å². The summed E-state index contributed by atoms with van der Waals surface area (Å²) in [5.74, 6) is -0.660. The lowest BCUT2D eigenvalue weighted by molar-refractivity contribution is -0.137. The van der Waals surface area contributed by atoms with E-state index in [9.17, 15) is 32.7 Å². The number of para-hydroxylation sites is 3. The van der Waals surface area contributed by atoms with Crippen molar-refractivity contribution in [1.29, 1.82) is 0 Å². The highest BCUT2D eigenvalue weighted by Crippen LogP contribution is 2.35. The molecule has 9 nitrogen and oxygen atoms in total. The van der Waals surface area contributed by atoms with Gasteiger partial charge in [-0.1, -0.05) is 36.4 Å². The van der Waals surface area contributed by atoms with Gasteiger partial charge in [-0.3, -0.25) is 19.3 Å². The van der Waals surface area contributed by atoms with Gasteiger partial charge in [0.2, 0.25) is 0 Å². The summed E-state index contributed by atoms with van der Waals surface area (Å²) in [6.45, 7) is 3.09. The van der Waals surface area contributed by atoms with E-state index in [2.05, 4.69) is 15.1 Å². The number of carbonyl (C=O) groups is 3. The number of hydrogen-bond acceptors (Lipinski definition) is 7. The molecule has 0 spiro atoms. The van der Waals surface area contributed by atoms with E-state index in [-0.39, 0.29) is 28.9 Å². The molecule has 2 aliphatic rings. The largest absolute Gasteiger partial charge is 0.455 e. The molecule has 1 atom stereocenters. The van der Waals surface area contributed by atoms with Crippen molar-refractivity contribution in [3.05, 3.63) is 119 Å². The van der Waals surface area contributed by atoms with Crippen LogP contribution < -0.4 is 19.9 Å². The minimum Gasteiger partial charge on any atom is -0.455 e. The van der Waals surface area contributed by atoms with Crippen LogP contribution in [-0.2, 0) is 6.18 Å². The Hall–Kier alpha value is -5.20. The first-order valence-electron chi connectivity index (χ1n) is 15.0. The fourth-order valence-corrected chi connectivity index (χ4v) is 5.70. The lowest BCUT2D eigenvalue weighted by atomic mass is 10.1. The Morgan fingerprint density at radius 3 is 2.28 bits per heavy atom. The van der Waals surface area contributed by atoms with Crippen molar-refractivity contribution in [2.75, 3.05) is 49.1 Å². The number of fused-ring (bicyclic) bond motifs is 1. The minimum atomic E-state index is -4.65. The van der Waals surface area contributed by atoms with E-state index in [1.54, 1.807) is 0 Å². The molecule has 0 bridgehead atoms. The standard InChI is InChI=1S/C35H31F3N4O5/c36-35(37,38)24-7-6-8-25(20-24)42-33(45)28-14-13-23(19-29(28)34(42)46)32(44)39-21-26(43)22-40-15-17-41(18-16-40)30-11-4-5-12-31(30)47-27-9-2-1-3-10-27/h1-14,19-20,26,43H,15-18,21-22H2,(H,39,44). The molecule has 2 aliphatic heterocycles. The number of carbonyl (C=O) groups excluding carboxylic acids is 3. The Labute approximate surface area is 268 Å². The third-order valence-electron chi connectivity index (χ3n) is 8.10. The van der Waals surface area contributed by atoms with Gasteiger partial charge in [0, 0.05) is 44.8 Å². The van der Waals surface area contributed by atoms with Crippen molar-refractivity contribution in [3.63, 3.8) is 0 Å². The summed E-state index contributed by atoms with van der Waals surface area (Å²) in [5, 5.41) is 13.3. The van der Waals surface area contributed by atoms with E-state index in [0.29, 0.717) is 37.6 Å². The molecule has 0 aliphatic carbocycles. The molecule has 0 saturated carbocycles. The van der Waals surface area contributed by atoms with Crippen LogP contribution in [0.1, 0.15) is 36.6 Å². The first-order valence-corrected chi connectivity index (χ1v) is 15.0. The van der Waals surface area contributed by atoms with Crippen LogP contribution in [0, 0.1) is 0 Å². The van der Waals surface area contributed by atoms with Gasteiger partial charge in [-0.25, -0.2) is 4.90 Å². The zero-order valence-corrected chi connectivity index (χ0v) is 25.1. The third kappa shape index (κ3) is 6.98. The molecule has 0 aromatic heterocycles. The number of aliphatic hydroxyl groups excluding tert-OH is 1. The number of halogens is 3.